The summed E-state index contributed by atoms with van der Waals surface area (Å²) in [7, 11) is -3.22. The van der Waals surface area contributed by atoms with Gasteiger partial charge in [-0.05, 0) is 38.3 Å². The van der Waals surface area contributed by atoms with Gasteiger partial charge >= 0.3 is 6.03 Å². The highest BCUT2D eigenvalue weighted by atomic mass is 32.2. The molecule has 0 aliphatic carbocycles. The number of fused-ring (bicyclic) bond motifs is 1. The van der Waals surface area contributed by atoms with Crippen molar-refractivity contribution in [3.05, 3.63) is 36.1 Å². The van der Waals surface area contributed by atoms with Crippen LogP contribution in [0.25, 0.3) is 11.0 Å². The number of sulfonamides is 1. The molecule has 0 bridgehead atoms. The molecule has 0 radical (unpaired) electrons. The van der Waals surface area contributed by atoms with Gasteiger partial charge in [-0.15, -0.1) is 0 Å². The van der Waals surface area contributed by atoms with E-state index in [1.165, 1.54) is 0 Å². The number of hydrogen-bond donors (Lipinski definition) is 2. The van der Waals surface area contributed by atoms with Crippen LogP contribution in [0.5, 0.6) is 0 Å². The van der Waals surface area contributed by atoms with E-state index in [-0.39, 0.29) is 23.9 Å². The molecule has 8 heteroatoms. The number of urea groups is 1. The summed E-state index contributed by atoms with van der Waals surface area (Å²) in [6, 6.07) is 9.18. The van der Waals surface area contributed by atoms with Crippen LogP contribution >= 0.6 is 0 Å². The van der Waals surface area contributed by atoms with Gasteiger partial charge in [0.05, 0.1) is 11.8 Å². The number of amides is 2. The molecule has 1 aromatic carbocycles. The smallest absolute Gasteiger partial charge is 0.317 e. The van der Waals surface area contributed by atoms with Crippen LogP contribution < -0.4 is 10.0 Å². The normalized spacial score (nSPS) is 17.2. The lowest BCUT2D eigenvalue weighted by molar-refractivity contribution is 0.176. The Morgan fingerprint density at radius 3 is 2.67 bits per heavy atom. The Balaban J connectivity index is 1.52. The van der Waals surface area contributed by atoms with E-state index in [4.69, 9.17) is 4.42 Å². The van der Waals surface area contributed by atoms with Gasteiger partial charge in [0.1, 0.15) is 11.3 Å². The van der Waals surface area contributed by atoms with Crippen molar-refractivity contribution in [1.29, 1.82) is 0 Å². The van der Waals surface area contributed by atoms with Crippen molar-refractivity contribution in [3.63, 3.8) is 0 Å². The van der Waals surface area contributed by atoms with Crippen LogP contribution in [0.15, 0.2) is 34.7 Å². The van der Waals surface area contributed by atoms with E-state index in [1.54, 1.807) is 4.90 Å². The number of rotatable bonds is 6. The zero-order valence-corrected chi connectivity index (χ0v) is 16.6. The Bertz CT molecular complexity index is 852. The summed E-state index contributed by atoms with van der Waals surface area (Å²) in [6.07, 6.45) is 1.83. The average Bonchev–Trinajstić information content (AvgIpc) is 3.06. The van der Waals surface area contributed by atoms with Gasteiger partial charge in [0.15, 0.2) is 0 Å². The third kappa shape index (κ3) is 5.01. The molecule has 2 amide bonds. The molecule has 27 heavy (non-hydrogen) atoms. The second-order valence-electron chi connectivity index (χ2n) is 7.06. The molecule has 3 rings (SSSR count). The molecule has 148 valence electrons. The number of carbonyl (C=O) groups is 1. The highest BCUT2D eigenvalue weighted by Gasteiger charge is 2.26. The van der Waals surface area contributed by atoms with Crippen LogP contribution in [-0.4, -0.2) is 44.2 Å². The standard InChI is InChI=1S/C19H27N3O4S/c1-3-12-27(24,25)21-16-8-10-22(11-9-16)19(23)20-14(2)18-13-15-6-4-5-7-17(15)26-18/h4-7,13-14,16,21H,3,8-12H2,1-2H3,(H,20,23). The molecule has 2 N–H and O–H groups in total. The minimum Gasteiger partial charge on any atom is -0.459 e. The first-order valence-electron chi connectivity index (χ1n) is 9.42. The van der Waals surface area contributed by atoms with Crippen LogP contribution in [-0.2, 0) is 10.0 Å². The van der Waals surface area contributed by atoms with Crippen molar-refractivity contribution in [2.75, 3.05) is 18.8 Å². The van der Waals surface area contributed by atoms with Gasteiger partial charge in [-0.2, -0.15) is 0 Å². The first kappa shape index (κ1) is 19.7. The van der Waals surface area contributed by atoms with Crippen molar-refractivity contribution in [3.8, 4) is 0 Å². The highest BCUT2D eigenvalue weighted by molar-refractivity contribution is 7.89. The summed E-state index contributed by atoms with van der Waals surface area (Å²) in [5.41, 5.74) is 0.800. The van der Waals surface area contributed by atoms with Crippen LogP contribution in [0.3, 0.4) is 0 Å². The van der Waals surface area contributed by atoms with Gasteiger partial charge in [0.25, 0.3) is 0 Å². The van der Waals surface area contributed by atoms with Gasteiger partial charge in [-0.25, -0.2) is 17.9 Å². The van der Waals surface area contributed by atoms with E-state index in [0.717, 1.165) is 11.0 Å². The predicted molar refractivity (Wildman–Crippen MR) is 105 cm³/mol. The number of nitrogens with one attached hydrogen (secondary N) is 2. The fourth-order valence-electron chi connectivity index (χ4n) is 3.35. The molecule has 1 aromatic heterocycles. The minimum atomic E-state index is -3.22. The lowest BCUT2D eigenvalue weighted by Crippen LogP contribution is -2.50. The van der Waals surface area contributed by atoms with Crippen molar-refractivity contribution < 1.29 is 17.6 Å². The van der Waals surface area contributed by atoms with E-state index in [1.807, 2.05) is 44.2 Å². The quantitative estimate of drug-likeness (QED) is 0.789. The summed E-state index contributed by atoms with van der Waals surface area (Å²) in [6.45, 7) is 4.78. The van der Waals surface area contributed by atoms with Gasteiger partial charge in [0.2, 0.25) is 10.0 Å². The number of furan rings is 1. The number of benzene rings is 1. The number of hydrogen-bond acceptors (Lipinski definition) is 4. The maximum atomic E-state index is 12.5. The molecule has 1 saturated heterocycles. The number of carbonyl (C=O) groups excluding carboxylic acids is 1. The van der Waals surface area contributed by atoms with E-state index >= 15 is 0 Å². The number of likely N-dealkylation sites (tertiary alicyclic amines) is 1. The fourth-order valence-corrected chi connectivity index (χ4v) is 4.74. The molecule has 2 heterocycles. The Morgan fingerprint density at radius 2 is 2.00 bits per heavy atom. The van der Waals surface area contributed by atoms with Crippen molar-refractivity contribution in [2.24, 2.45) is 0 Å². The molecule has 0 saturated carbocycles. The maximum Gasteiger partial charge on any atom is 0.317 e. The lowest BCUT2D eigenvalue weighted by atomic mass is 10.1. The first-order chi connectivity index (χ1) is 12.9. The number of nitrogens with zero attached hydrogens (tertiary/aromatic N) is 1. The van der Waals surface area contributed by atoms with Crippen LogP contribution in [0.4, 0.5) is 4.79 Å². The largest absolute Gasteiger partial charge is 0.459 e. The van der Waals surface area contributed by atoms with E-state index in [0.29, 0.717) is 38.1 Å². The summed E-state index contributed by atoms with van der Waals surface area (Å²) in [5.74, 6) is 0.856. The molecule has 1 unspecified atom stereocenters. The summed E-state index contributed by atoms with van der Waals surface area (Å²) < 4.78 is 32.3. The third-order valence-electron chi connectivity index (χ3n) is 4.81. The number of para-hydroxylation sites is 1. The molecule has 0 spiro atoms. The van der Waals surface area contributed by atoms with Crippen molar-refractivity contribution in [1.82, 2.24) is 14.9 Å². The van der Waals surface area contributed by atoms with E-state index < -0.39 is 10.0 Å². The van der Waals surface area contributed by atoms with Crippen LogP contribution in [0, 0.1) is 0 Å². The van der Waals surface area contributed by atoms with Gasteiger partial charge in [-0.3, -0.25) is 0 Å². The van der Waals surface area contributed by atoms with Gasteiger partial charge < -0.3 is 14.6 Å². The van der Waals surface area contributed by atoms with Crippen LogP contribution in [0.2, 0.25) is 0 Å². The van der Waals surface area contributed by atoms with Crippen molar-refractivity contribution >= 4 is 27.0 Å². The van der Waals surface area contributed by atoms with Crippen LogP contribution in [0.1, 0.15) is 44.9 Å². The zero-order valence-electron chi connectivity index (χ0n) is 15.8. The Morgan fingerprint density at radius 1 is 1.30 bits per heavy atom. The SMILES string of the molecule is CCCS(=O)(=O)NC1CCN(C(=O)NC(C)c2cc3ccccc3o2)CC1. The second-order valence-corrected chi connectivity index (χ2v) is 8.93. The zero-order chi connectivity index (χ0) is 19.4. The molecule has 1 aliphatic rings. The van der Waals surface area contributed by atoms with Gasteiger partial charge in [0, 0.05) is 24.5 Å². The lowest BCUT2D eigenvalue weighted by Gasteiger charge is -2.32. The summed E-state index contributed by atoms with van der Waals surface area (Å²) >= 11 is 0. The molecule has 1 fully saturated rings. The van der Waals surface area contributed by atoms with E-state index in [9.17, 15) is 13.2 Å². The van der Waals surface area contributed by atoms with E-state index in [2.05, 4.69) is 10.0 Å². The molecule has 2 aromatic rings. The first-order valence-corrected chi connectivity index (χ1v) is 11.1. The molecular formula is C19H27N3O4S. The summed E-state index contributed by atoms with van der Waals surface area (Å²) in [4.78, 5) is 14.3. The highest BCUT2D eigenvalue weighted by Crippen LogP contribution is 2.24. The monoisotopic (exact) mass is 393 g/mol. The minimum absolute atomic E-state index is 0.0987. The Kier molecular flexibility index (Phi) is 6.06. The predicted octanol–water partition coefficient (Wildman–Crippen LogP) is 3.00. The molecular weight excluding hydrogens is 366 g/mol. The Hall–Kier alpha value is -2.06. The van der Waals surface area contributed by atoms with Crippen molar-refractivity contribution in [2.45, 2.75) is 45.2 Å². The molecule has 1 aliphatic heterocycles. The number of piperidine rings is 1. The third-order valence-corrected chi connectivity index (χ3v) is 6.45. The summed E-state index contributed by atoms with van der Waals surface area (Å²) in [5, 5.41) is 3.97. The average molecular weight is 394 g/mol. The maximum absolute atomic E-state index is 12.5. The van der Waals surface area contributed by atoms with Gasteiger partial charge in [-0.1, -0.05) is 25.1 Å². The second kappa shape index (κ2) is 8.31. The Labute approximate surface area is 160 Å². The topological polar surface area (TPSA) is 91.7 Å². The molecule has 7 nitrogen and oxygen atoms in total. The fraction of sp³-hybridized carbons (Fsp3) is 0.526. The molecule has 1 atom stereocenters.